The SMILES string of the molecule is O=C1CCCC1C1CCCN1Cc1cnoc1. The molecule has 92 valence electrons. The summed E-state index contributed by atoms with van der Waals surface area (Å²) >= 11 is 0. The summed E-state index contributed by atoms with van der Waals surface area (Å²) in [5, 5.41) is 3.73. The molecule has 0 bridgehead atoms. The summed E-state index contributed by atoms with van der Waals surface area (Å²) in [6.07, 6.45) is 8.81. The van der Waals surface area contributed by atoms with Crippen LogP contribution in [0.3, 0.4) is 0 Å². The molecule has 2 aliphatic rings. The Morgan fingerprint density at radius 1 is 1.41 bits per heavy atom. The first-order valence-electron chi connectivity index (χ1n) is 6.49. The van der Waals surface area contributed by atoms with Crippen LogP contribution in [0.5, 0.6) is 0 Å². The number of carbonyl (C=O) groups is 1. The Morgan fingerprint density at radius 2 is 2.35 bits per heavy atom. The van der Waals surface area contributed by atoms with Crippen LogP contribution in [0, 0.1) is 5.92 Å². The molecule has 2 heterocycles. The summed E-state index contributed by atoms with van der Waals surface area (Å²) in [4.78, 5) is 14.3. The van der Waals surface area contributed by atoms with Gasteiger partial charge in [0.1, 0.15) is 12.0 Å². The van der Waals surface area contributed by atoms with Crippen molar-refractivity contribution in [3.63, 3.8) is 0 Å². The molecular weight excluding hydrogens is 216 g/mol. The summed E-state index contributed by atoms with van der Waals surface area (Å²) in [5.74, 6) is 0.768. The largest absolute Gasteiger partial charge is 0.364 e. The van der Waals surface area contributed by atoms with Gasteiger partial charge in [-0.05, 0) is 32.2 Å². The zero-order valence-electron chi connectivity index (χ0n) is 9.97. The molecule has 2 unspecified atom stereocenters. The van der Waals surface area contributed by atoms with E-state index in [1.165, 1.54) is 12.8 Å². The van der Waals surface area contributed by atoms with Crippen molar-refractivity contribution in [1.82, 2.24) is 10.1 Å². The zero-order valence-corrected chi connectivity index (χ0v) is 9.97. The normalized spacial score (nSPS) is 30.2. The third kappa shape index (κ3) is 2.14. The molecule has 1 aromatic heterocycles. The van der Waals surface area contributed by atoms with Gasteiger partial charge in [-0.25, -0.2) is 0 Å². The van der Waals surface area contributed by atoms with E-state index < -0.39 is 0 Å². The van der Waals surface area contributed by atoms with Crippen molar-refractivity contribution in [3.05, 3.63) is 18.0 Å². The van der Waals surface area contributed by atoms with Crippen LogP contribution < -0.4 is 0 Å². The lowest BCUT2D eigenvalue weighted by atomic mass is 9.95. The second-order valence-corrected chi connectivity index (χ2v) is 5.18. The summed E-state index contributed by atoms with van der Waals surface area (Å²) < 4.78 is 4.86. The zero-order chi connectivity index (χ0) is 11.7. The highest BCUT2D eigenvalue weighted by atomic mass is 16.5. The van der Waals surface area contributed by atoms with Crippen LogP contribution in [0.25, 0.3) is 0 Å². The molecule has 2 fully saturated rings. The molecule has 0 amide bonds. The van der Waals surface area contributed by atoms with E-state index in [2.05, 4.69) is 10.1 Å². The van der Waals surface area contributed by atoms with E-state index in [1.54, 1.807) is 12.5 Å². The predicted octanol–water partition coefficient (Wildman–Crippen LogP) is 2.01. The first kappa shape index (κ1) is 11.0. The topological polar surface area (TPSA) is 46.3 Å². The van der Waals surface area contributed by atoms with E-state index in [9.17, 15) is 4.79 Å². The fraction of sp³-hybridized carbons (Fsp3) is 0.692. The quantitative estimate of drug-likeness (QED) is 0.802. The van der Waals surface area contributed by atoms with Crippen molar-refractivity contribution in [1.29, 1.82) is 0 Å². The monoisotopic (exact) mass is 234 g/mol. The van der Waals surface area contributed by atoms with E-state index >= 15 is 0 Å². The highest BCUT2D eigenvalue weighted by molar-refractivity contribution is 5.83. The van der Waals surface area contributed by atoms with Crippen molar-refractivity contribution >= 4 is 5.78 Å². The Bertz CT molecular complexity index is 388. The molecule has 4 heteroatoms. The van der Waals surface area contributed by atoms with Crippen molar-refractivity contribution in [2.75, 3.05) is 6.54 Å². The number of nitrogens with zero attached hydrogens (tertiary/aromatic N) is 2. The number of Topliss-reactive ketones (excluding diaryl/α,β-unsaturated/α-hetero) is 1. The van der Waals surface area contributed by atoms with E-state index in [0.717, 1.165) is 37.9 Å². The lowest BCUT2D eigenvalue weighted by Crippen LogP contribution is -2.36. The van der Waals surface area contributed by atoms with Crippen LogP contribution in [0.2, 0.25) is 0 Å². The smallest absolute Gasteiger partial charge is 0.137 e. The third-order valence-corrected chi connectivity index (χ3v) is 4.10. The Labute approximate surface area is 101 Å². The first-order valence-corrected chi connectivity index (χ1v) is 6.49. The standard InChI is InChI=1S/C13H18N2O2/c16-13-5-1-3-11(13)12-4-2-6-15(12)8-10-7-14-17-9-10/h7,9,11-12H,1-6,8H2. The lowest BCUT2D eigenvalue weighted by molar-refractivity contribution is -0.122. The minimum Gasteiger partial charge on any atom is -0.364 e. The molecule has 0 aromatic carbocycles. The van der Waals surface area contributed by atoms with Crippen LogP contribution in [0.15, 0.2) is 17.0 Å². The molecule has 2 atom stereocenters. The van der Waals surface area contributed by atoms with E-state index in [1.807, 2.05) is 0 Å². The van der Waals surface area contributed by atoms with Crippen LogP contribution >= 0.6 is 0 Å². The number of rotatable bonds is 3. The van der Waals surface area contributed by atoms with Gasteiger partial charge >= 0.3 is 0 Å². The Morgan fingerprint density at radius 3 is 3.06 bits per heavy atom. The number of carbonyl (C=O) groups excluding carboxylic acids is 1. The Balaban J connectivity index is 1.69. The van der Waals surface area contributed by atoms with E-state index in [-0.39, 0.29) is 5.92 Å². The molecule has 1 aromatic rings. The fourth-order valence-corrected chi connectivity index (χ4v) is 3.29. The van der Waals surface area contributed by atoms with Crippen molar-refractivity contribution in [2.24, 2.45) is 5.92 Å². The minimum absolute atomic E-state index is 0.289. The summed E-state index contributed by atoms with van der Waals surface area (Å²) in [7, 11) is 0. The fourth-order valence-electron chi connectivity index (χ4n) is 3.29. The molecule has 1 aliphatic carbocycles. The number of likely N-dealkylation sites (tertiary alicyclic amines) is 1. The third-order valence-electron chi connectivity index (χ3n) is 4.10. The molecule has 17 heavy (non-hydrogen) atoms. The van der Waals surface area contributed by atoms with Gasteiger partial charge in [-0.2, -0.15) is 0 Å². The Kier molecular flexibility index (Phi) is 2.97. The second kappa shape index (κ2) is 4.61. The van der Waals surface area contributed by atoms with Crippen LogP contribution in [0.1, 0.15) is 37.7 Å². The molecule has 1 saturated carbocycles. The molecule has 4 nitrogen and oxygen atoms in total. The lowest BCUT2D eigenvalue weighted by Gasteiger charge is -2.27. The molecule has 0 spiro atoms. The average Bonchev–Trinajstić information content (AvgIpc) is 3.00. The minimum atomic E-state index is 0.289. The second-order valence-electron chi connectivity index (χ2n) is 5.18. The molecule has 3 rings (SSSR count). The van der Waals surface area contributed by atoms with Crippen LogP contribution in [0.4, 0.5) is 0 Å². The van der Waals surface area contributed by atoms with Gasteiger partial charge in [0.05, 0.1) is 6.20 Å². The predicted molar refractivity (Wildman–Crippen MR) is 62.3 cm³/mol. The van der Waals surface area contributed by atoms with E-state index in [4.69, 9.17) is 4.52 Å². The number of hydrogen-bond acceptors (Lipinski definition) is 4. The van der Waals surface area contributed by atoms with Crippen molar-refractivity contribution < 1.29 is 9.32 Å². The maximum atomic E-state index is 11.9. The molecule has 1 saturated heterocycles. The summed E-state index contributed by atoms with van der Waals surface area (Å²) in [6, 6.07) is 0.458. The highest BCUT2D eigenvalue weighted by Gasteiger charge is 2.37. The van der Waals surface area contributed by atoms with Gasteiger partial charge in [0.2, 0.25) is 0 Å². The summed E-state index contributed by atoms with van der Waals surface area (Å²) in [5.41, 5.74) is 1.11. The number of ketones is 1. The average molecular weight is 234 g/mol. The van der Waals surface area contributed by atoms with Crippen LogP contribution in [-0.2, 0) is 11.3 Å². The van der Waals surface area contributed by atoms with Gasteiger partial charge in [-0.3, -0.25) is 9.69 Å². The van der Waals surface area contributed by atoms with E-state index in [0.29, 0.717) is 11.8 Å². The van der Waals surface area contributed by atoms with Gasteiger partial charge in [-0.15, -0.1) is 0 Å². The van der Waals surface area contributed by atoms with Gasteiger partial charge in [0.25, 0.3) is 0 Å². The molecule has 1 aliphatic heterocycles. The molecular formula is C13H18N2O2. The molecule has 0 N–H and O–H groups in total. The molecule has 0 radical (unpaired) electrons. The maximum Gasteiger partial charge on any atom is 0.137 e. The summed E-state index contributed by atoms with van der Waals surface area (Å²) in [6.45, 7) is 1.97. The Hall–Kier alpha value is -1.16. The van der Waals surface area contributed by atoms with Gasteiger partial charge in [-0.1, -0.05) is 5.16 Å². The van der Waals surface area contributed by atoms with Crippen LogP contribution in [-0.4, -0.2) is 28.4 Å². The van der Waals surface area contributed by atoms with Crippen molar-refractivity contribution in [2.45, 2.75) is 44.7 Å². The van der Waals surface area contributed by atoms with Gasteiger partial charge in [0, 0.05) is 30.5 Å². The number of aromatic nitrogens is 1. The van der Waals surface area contributed by atoms with Gasteiger partial charge in [0.15, 0.2) is 0 Å². The maximum absolute atomic E-state index is 11.9. The highest BCUT2D eigenvalue weighted by Crippen LogP contribution is 2.33. The van der Waals surface area contributed by atoms with Gasteiger partial charge < -0.3 is 4.52 Å². The van der Waals surface area contributed by atoms with Crippen molar-refractivity contribution in [3.8, 4) is 0 Å². The first-order chi connectivity index (χ1) is 8.34. The number of hydrogen-bond donors (Lipinski definition) is 0.